The normalized spacial score (nSPS) is 39.0. The van der Waals surface area contributed by atoms with Crippen LogP contribution in [0.4, 0.5) is 10.1 Å². The third-order valence-corrected chi connectivity index (χ3v) is 8.09. The van der Waals surface area contributed by atoms with Crippen molar-refractivity contribution in [3.05, 3.63) is 66.0 Å². The van der Waals surface area contributed by atoms with Crippen LogP contribution in [0.3, 0.4) is 0 Å². The topological polar surface area (TPSA) is 23.6 Å². The third kappa shape index (κ3) is 1.78. The zero-order valence-electron chi connectivity index (χ0n) is 15.4. The second-order valence-corrected chi connectivity index (χ2v) is 9.05. The first-order valence-corrected chi connectivity index (χ1v) is 9.96. The van der Waals surface area contributed by atoms with Crippen LogP contribution < -0.4 is 5.01 Å². The van der Waals surface area contributed by atoms with E-state index < -0.39 is 0 Å². The Hall–Kier alpha value is -2.20. The van der Waals surface area contributed by atoms with E-state index in [0.717, 1.165) is 12.0 Å². The second-order valence-electron chi connectivity index (χ2n) is 9.05. The van der Waals surface area contributed by atoms with Crippen molar-refractivity contribution in [2.75, 3.05) is 5.01 Å². The number of hydrogen-bond acceptors (Lipinski definition) is 2. The molecule has 3 saturated carbocycles. The van der Waals surface area contributed by atoms with Crippen LogP contribution in [0, 0.1) is 28.5 Å². The lowest BCUT2D eigenvalue weighted by Crippen LogP contribution is -2.46. The van der Waals surface area contributed by atoms with Gasteiger partial charge in [0, 0.05) is 12.6 Å². The van der Waals surface area contributed by atoms with E-state index in [1.165, 1.54) is 18.9 Å². The SMILES string of the molecule is CC12C[C@@]13CC[C@@H]2C1C(=O)N(c2ccccc2F)N(Cc2ccccc2)C13. The molecule has 0 N–H and O–H groups in total. The highest BCUT2D eigenvalue weighted by Gasteiger charge is 2.85. The number of carbonyl (C=O) groups is 1. The highest BCUT2D eigenvalue weighted by atomic mass is 19.1. The maximum Gasteiger partial charge on any atom is 0.246 e. The Kier molecular flexibility index (Phi) is 2.92. The molecule has 0 aromatic heterocycles. The molecule has 0 radical (unpaired) electrons. The van der Waals surface area contributed by atoms with Crippen LogP contribution in [0.25, 0.3) is 0 Å². The first kappa shape index (κ1) is 15.8. The van der Waals surface area contributed by atoms with Crippen molar-refractivity contribution in [2.45, 2.75) is 38.8 Å². The Labute approximate surface area is 158 Å². The van der Waals surface area contributed by atoms with Crippen LogP contribution in [0.2, 0.25) is 0 Å². The standard InChI is InChI=1S/C23H23FN2O/c1-22-14-23(22)12-11-16(22)19-20(23)25(13-15-7-3-2-4-8-15)26(21(19)27)18-10-6-5-9-17(18)24/h2-10,16,19-20H,11-14H2,1H3/t16-,19?,20?,22?,23-/m1/s1. The van der Waals surface area contributed by atoms with Gasteiger partial charge in [0.2, 0.25) is 5.91 Å². The monoisotopic (exact) mass is 362 g/mol. The molecule has 27 heavy (non-hydrogen) atoms. The van der Waals surface area contributed by atoms with E-state index in [-0.39, 0.29) is 29.1 Å². The van der Waals surface area contributed by atoms with Crippen LogP contribution in [0.5, 0.6) is 0 Å². The van der Waals surface area contributed by atoms with Crippen molar-refractivity contribution >= 4 is 11.6 Å². The minimum Gasteiger partial charge on any atom is -0.273 e. The van der Waals surface area contributed by atoms with E-state index >= 15 is 0 Å². The minimum absolute atomic E-state index is 0.0146. The van der Waals surface area contributed by atoms with Gasteiger partial charge in [-0.25, -0.2) is 14.4 Å². The fraction of sp³-hybridized carbons (Fsp3) is 0.435. The molecule has 138 valence electrons. The van der Waals surface area contributed by atoms with Crippen molar-refractivity contribution in [1.82, 2.24) is 5.01 Å². The van der Waals surface area contributed by atoms with Gasteiger partial charge in [0.15, 0.2) is 0 Å². The molecule has 3 unspecified atom stereocenters. The maximum absolute atomic E-state index is 14.7. The lowest BCUT2D eigenvalue weighted by Gasteiger charge is -2.37. The van der Waals surface area contributed by atoms with Crippen molar-refractivity contribution in [3.8, 4) is 0 Å². The molecule has 1 aliphatic heterocycles. The number of benzene rings is 2. The quantitative estimate of drug-likeness (QED) is 0.808. The van der Waals surface area contributed by atoms with Gasteiger partial charge in [-0.3, -0.25) is 4.79 Å². The smallest absolute Gasteiger partial charge is 0.246 e. The van der Waals surface area contributed by atoms with Gasteiger partial charge in [0.05, 0.1) is 11.6 Å². The summed E-state index contributed by atoms with van der Waals surface area (Å²) < 4.78 is 14.7. The van der Waals surface area contributed by atoms with E-state index in [9.17, 15) is 9.18 Å². The van der Waals surface area contributed by atoms with Gasteiger partial charge in [0.1, 0.15) is 5.82 Å². The number of hydrogen-bond donors (Lipinski definition) is 0. The van der Waals surface area contributed by atoms with Gasteiger partial charge in [0.25, 0.3) is 0 Å². The van der Waals surface area contributed by atoms with Crippen LogP contribution in [-0.2, 0) is 11.3 Å². The molecule has 5 atom stereocenters. The number of rotatable bonds is 3. The molecule has 4 fully saturated rings. The van der Waals surface area contributed by atoms with Crippen LogP contribution in [0.1, 0.15) is 31.7 Å². The number of halogens is 1. The van der Waals surface area contributed by atoms with E-state index in [1.807, 2.05) is 24.3 Å². The number of nitrogens with zero attached hydrogens (tertiary/aromatic N) is 2. The third-order valence-electron chi connectivity index (χ3n) is 8.09. The molecule has 2 bridgehead atoms. The summed E-state index contributed by atoms with van der Waals surface area (Å²) in [5.74, 6) is 0.233. The van der Waals surface area contributed by atoms with Gasteiger partial charge >= 0.3 is 0 Å². The van der Waals surface area contributed by atoms with Crippen LogP contribution in [-0.4, -0.2) is 17.0 Å². The van der Waals surface area contributed by atoms with Crippen molar-refractivity contribution < 1.29 is 9.18 Å². The molecule has 4 aliphatic rings. The molecule has 2 aromatic carbocycles. The number of carbonyl (C=O) groups excluding carboxylic acids is 1. The molecule has 6 rings (SSSR count). The van der Waals surface area contributed by atoms with Crippen LogP contribution >= 0.6 is 0 Å². The molecule has 1 saturated heterocycles. The fourth-order valence-corrected chi connectivity index (χ4v) is 6.94. The summed E-state index contributed by atoms with van der Waals surface area (Å²) in [5.41, 5.74) is 2.11. The van der Waals surface area contributed by atoms with Gasteiger partial charge in [-0.2, -0.15) is 0 Å². The Morgan fingerprint density at radius 2 is 1.85 bits per heavy atom. The minimum atomic E-state index is -0.327. The zero-order valence-corrected chi connectivity index (χ0v) is 15.4. The number of fused-ring (bicyclic) bond motifs is 2. The average Bonchev–Trinajstić information content (AvgIpc) is 2.91. The Bertz CT molecular complexity index is 942. The molecule has 1 amide bonds. The molecular weight excluding hydrogens is 339 g/mol. The van der Waals surface area contributed by atoms with E-state index in [0.29, 0.717) is 23.6 Å². The van der Waals surface area contributed by atoms with Gasteiger partial charge in [-0.15, -0.1) is 0 Å². The Morgan fingerprint density at radius 3 is 2.59 bits per heavy atom. The predicted molar refractivity (Wildman–Crippen MR) is 101 cm³/mol. The summed E-state index contributed by atoms with van der Waals surface area (Å²) in [6.45, 7) is 3.02. The fourth-order valence-electron chi connectivity index (χ4n) is 6.94. The number of amides is 1. The highest BCUT2D eigenvalue weighted by molar-refractivity contribution is 5.98. The number of para-hydroxylation sites is 1. The van der Waals surface area contributed by atoms with Gasteiger partial charge in [-0.1, -0.05) is 49.4 Å². The molecule has 2 aromatic rings. The summed E-state index contributed by atoms with van der Waals surface area (Å²) in [6, 6.07) is 17.1. The lowest BCUT2D eigenvalue weighted by atomic mass is 9.76. The number of anilines is 1. The largest absolute Gasteiger partial charge is 0.273 e. The summed E-state index contributed by atoms with van der Waals surface area (Å²) in [6.07, 6.45) is 3.57. The Balaban J connectivity index is 1.48. The van der Waals surface area contributed by atoms with E-state index in [4.69, 9.17) is 0 Å². The molecule has 3 nitrogen and oxygen atoms in total. The second kappa shape index (κ2) is 4.99. The zero-order chi connectivity index (χ0) is 18.4. The van der Waals surface area contributed by atoms with Crippen molar-refractivity contribution in [2.24, 2.45) is 22.7 Å². The first-order chi connectivity index (χ1) is 13.1. The summed E-state index contributed by atoms with van der Waals surface area (Å²) in [7, 11) is 0. The predicted octanol–water partition coefficient (Wildman–Crippen LogP) is 4.39. The molecular formula is C23H23FN2O. The molecule has 1 heterocycles. The summed E-state index contributed by atoms with van der Waals surface area (Å²) in [5, 5.41) is 3.88. The lowest BCUT2D eigenvalue weighted by molar-refractivity contribution is -0.122. The van der Waals surface area contributed by atoms with E-state index in [1.54, 1.807) is 17.1 Å². The molecule has 0 spiro atoms. The van der Waals surface area contributed by atoms with Gasteiger partial charge < -0.3 is 0 Å². The summed E-state index contributed by atoms with van der Waals surface area (Å²) in [4.78, 5) is 13.6. The van der Waals surface area contributed by atoms with Gasteiger partial charge in [-0.05, 0) is 53.7 Å². The molecule has 4 heteroatoms. The molecule has 3 aliphatic carbocycles. The van der Waals surface area contributed by atoms with E-state index in [2.05, 4.69) is 24.1 Å². The number of hydrazine groups is 1. The first-order valence-electron chi connectivity index (χ1n) is 9.96. The van der Waals surface area contributed by atoms with Crippen molar-refractivity contribution in [3.63, 3.8) is 0 Å². The van der Waals surface area contributed by atoms with Crippen LogP contribution in [0.15, 0.2) is 54.6 Å². The summed E-state index contributed by atoms with van der Waals surface area (Å²) >= 11 is 0. The van der Waals surface area contributed by atoms with Crippen molar-refractivity contribution in [1.29, 1.82) is 0 Å². The Morgan fingerprint density at radius 1 is 1.11 bits per heavy atom. The maximum atomic E-state index is 14.7. The highest BCUT2D eigenvalue weighted by Crippen LogP contribution is 2.86. The average molecular weight is 362 g/mol.